The number of carbonyl (C=O) groups excluding carboxylic acids is 2. The lowest BCUT2D eigenvalue weighted by molar-refractivity contribution is -0.130. The van der Waals surface area contributed by atoms with Gasteiger partial charge in [0.05, 0.1) is 17.5 Å². The van der Waals surface area contributed by atoms with Crippen LogP contribution in [0.2, 0.25) is 0 Å². The molecule has 0 spiro atoms. The van der Waals surface area contributed by atoms with Crippen molar-refractivity contribution in [2.45, 2.75) is 30.7 Å². The summed E-state index contributed by atoms with van der Waals surface area (Å²) >= 11 is 0. The van der Waals surface area contributed by atoms with Crippen molar-refractivity contribution >= 4 is 12.5 Å². The van der Waals surface area contributed by atoms with E-state index in [0.29, 0.717) is 45.4 Å². The van der Waals surface area contributed by atoms with Crippen molar-refractivity contribution in [3.63, 3.8) is 0 Å². The zero-order valence-electron chi connectivity index (χ0n) is 21.8. The first-order valence-electron chi connectivity index (χ1n) is 12.3. The first-order valence-corrected chi connectivity index (χ1v) is 12.3. The maximum atomic E-state index is 14.3. The lowest BCUT2D eigenvalue weighted by Crippen LogP contribution is -2.44. The highest BCUT2D eigenvalue weighted by atomic mass is 19.2. The van der Waals surface area contributed by atoms with Gasteiger partial charge in [0.25, 0.3) is 6.47 Å². The Morgan fingerprint density at radius 2 is 1.85 bits per heavy atom. The van der Waals surface area contributed by atoms with Gasteiger partial charge in [-0.3, -0.25) is 4.79 Å². The number of nitrogens with one attached hydrogen (secondary N) is 1. The Morgan fingerprint density at radius 1 is 1.15 bits per heavy atom. The zero-order chi connectivity index (χ0) is 29.0. The monoisotopic (exact) mass is 552 g/mol. The molecule has 0 radical (unpaired) electrons. The number of benzene rings is 2. The minimum Gasteiger partial charge on any atom is -0.465 e. The van der Waals surface area contributed by atoms with Crippen LogP contribution in [0.5, 0.6) is 0 Å². The molecule has 2 aromatic rings. The number of aliphatic hydroxyl groups is 1. The Balaban J connectivity index is 0.00000260. The van der Waals surface area contributed by atoms with Crippen LogP contribution in [-0.4, -0.2) is 74.4 Å². The molecule has 1 heterocycles. The second kappa shape index (κ2) is 15.0. The van der Waals surface area contributed by atoms with Gasteiger partial charge in [-0.2, -0.15) is 5.26 Å². The van der Waals surface area contributed by atoms with Crippen molar-refractivity contribution in [3.05, 3.63) is 70.8 Å². The Labute approximate surface area is 224 Å². The molecule has 1 atom stereocenters. The summed E-state index contributed by atoms with van der Waals surface area (Å²) in [6.07, 6.45) is 1.38. The Bertz CT molecular complexity index is 1150. The topological polar surface area (TPSA) is 106 Å². The highest BCUT2D eigenvalue weighted by molar-refractivity contribution is 5.74. The van der Waals surface area contributed by atoms with E-state index in [9.17, 15) is 32.4 Å². The number of nitriles is 1. The third kappa shape index (κ3) is 8.15. The van der Waals surface area contributed by atoms with E-state index in [0.717, 1.165) is 31.4 Å². The molecule has 0 aromatic heterocycles. The second-order valence-electron chi connectivity index (χ2n) is 8.98. The predicted octanol–water partition coefficient (Wildman–Crippen LogP) is 3.65. The Morgan fingerprint density at radius 3 is 2.44 bits per heavy atom. The minimum absolute atomic E-state index is 0.209. The Hall–Kier alpha value is -3.69. The fourth-order valence-corrected chi connectivity index (χ4v) is 4.52. The van der Waals surface area contributed by atoms with Gasteiger partial charge in [0.15, 0.2) is 11.6 Å². The summed E-state index contributed by atoms with van der Waals surface area (Å²) in [5, 5.41) is 19.5. The van der Waals surface area contributed by atoms with Crippen molar-refractivity contribution in [2.75, 3.05) is 46.9 Å². The highest BCUT2D eigenvalue weighted by Crippen LogP contribution is 2.36. The van der Waals surface area contributed by atoms with Crippen LogP contribution in [0.4, 0.5) is 22.4 Å². The molecule has 8 nitrogen and oxygen atoms in total. The summed E-state index contributed by atoms with van der Waals surface area (Å²) in [6.45, 7) is 2.00. The lowest BCUT2D eigenvalue weighted by atomic mass is 9.73. The van der Waals surface area contributed by atoms with Crippen LogP contribution < -0.4 is 5.32 Å². The molecule has 3 rings (SSSR count). The molecule has 39 heavy (non-hydrogen) atoms. The van der Waals surface area contributed by atoms with Crippen LogP contribution in [0.1, 0.15) is 36.4 Å². The van der Waals surface area contributed by atoms with Gasteiger partial charge in [0.2, 0.25) is 0 Å². The largest absolute Gasteiger partial charge is 0.465 e. The molecule has 0 saturated carbocycles. The zero-order valence-corrected chi connectivity index (χ0v) is 21.8. The van der Waals surface area contributed by atoms with Crippen molar-refractivity contribution in [1.29, 1.82) is 5.26 Å². The molecule has 1 aliphatic heterocycles. The highest BCUT2D eigenvalue weighted by Gasteiger charge is 2.38. The van der Waals surface area contributed by atoms with Gasteiger partial charge < -0.3 is 25.0 Å². The van der Waals surface area contributed by atoms with Gasteiger partial charge in [0, 0.05) is 32.3 Å². The number of hydrogen-bond acceptors (Lipinski definition) is 6. The van der Waals surface area contributed by atoms with E-state index in [1.807, 2.05) is 0 Å². The quantitative estimate of drug-likeness (QED) is 0.265. The molecule has 1 aliphatic rings. The maximum absolute atomic E-state index is 14.3. The number of hydrogen-bond donors (Lipinski definition) is 2. The standard InChI is InChI=1S/C26H28F4N4O3.CH4O/c1-33(24(15-37-17-35)18-3-6-21(28)23(30)13-18)25(36)32-9-2-10-34-11-7-26(16-31,8-12-34)20-5-4-19(27)14-22(20)29;1-2/h3-6,13-14,17,24H,2,7-12,15H2,1H3,(H,32,36);2H,1H3. The van der Waals surface area contributed by atoms with Gasteiger partial charge in [-0.1, -0.05) is 12.1 Å². The number of piperidine rings is 1. The average molecular weight is 553 g/mol. The van der Waals surface area contributed by atoms with Crippen molar-refractivity contribution in [2.24, 2.45) is 0 Å². The number of aliphatic hydroxyl groups excluding tert-OH is 1. The van der Waals surface area contributed by atoms with Crippen LogP contribution in [-0.2, 0) is 14.9 Å². The summed E-state index contributed by atoms with van der Waals surface area (Å²) in [4.78, 5) is 26.7. The molecule has 2 aromatic carbocycles. The van der Waals surface area contributed by atoms with Gasteiger partial charge in [0.1, 0.15) is 18.2 Å². The van der Waals surface area contributed by atoms with E-state index in [2.05, 4.69) is 16.3 Å². The van der Waals surface area contributed by atoms with Gasteiger partial charge in [-0.15, -0.1) is 0 Å². The minimum atomic E-state index is -1.08. The molecule has 212 valence electrons. The molecule has 2 N–H and O–H groups in total. The van der Waals surface area contributed by atoms with E-state index in [1.54, 1.807) is 0 Å². The van der Waals surface area contributed by atoms with E-state index in [-0.39, 0.29) is 24.2 Å². The number of halogens is 4. The molecular weight excluding hydrogens is 520 g/mol. The van der Waals surface area contributed by atoms with E-state index < -0.39 is 40.8 Å². The molecule has 1 fully saturated rings. The third-order valence-electron chi connectivity index (χ3n) is 6.74. The number of urea groups is 1. The summed E-state index contributed by atoms with van der Waals surface area (Å²) < 4.78 is 59.4. The lowest BCUT2D eigenvalue weighted by Gasteiger charge is -2.37. The first-order chi connectivity index (χ1) is 18.7. The molecule has 2 amide bonds. The number of nitrogens with zero attached hydrogens (tertiary/aromatic N) is 3. The summed E-state index contributed by atoms with van der Waals surface area (Å²) in [5.41, 5.74) is -0.533. The fourth-order valence-electron chi connectivity index (χ4n) is 4.52. The SMILES string of the molecule is CN(C(=O)NCCCN1CCC(C#N)(c2ccc(F)cc2F)CC1)C(COC=O)c1ccc(F)c(F)c1.CO. The number of rotatable bonds is 10. The van der Waals surface area contributed by atoms with E-state index >= 15 is 0 Å². The fraction of sp³-hybridized carbons (Fsp3) is 0.444. The molecule has 0 bridgehead atoms. The number of amides is 2. The molecule has 1 unspecified atom stereocenters. The maximum Gasteiger partial charge on any atom is 0.317 e. The molecule has 0 aliphatic carbocycles. The smallest absolute Gasteiger partial charge is 0.317 e. The molecule has 1 saturated heterocycles. The summed E-state index contributed by atoms with van der Waals surface area (Å²) in [6, 6.07) is 7.41. The number of ether oxygens (including phenoxy) is 1. The Kier molecular flexibility index (Phi) is 12.2. The van der Waals surface area contributed by atoms with Gasteiger partial charge in [-0.05, 0) is 62.7 Å². The number of likely N-dealkylation sites (tertiary alicyclic amines) is 1. The van der Waals surface area contributed by atoms with E-state index in [4.69, 9.17) is 9.84 Å². The van der Waals surface area contributed by atoms with Crippen LogP contribution in [0, 0.1) is 34.6 Å². The van der Waals surface area contributed by atoms with Crippen molar-refractivity contribution in [3.8, 4) is 6.07 Å². The third-order valence-corrected chi connectivity index (χ3v) is 6.74. The second-order valence-corrected chi connectivity index (χ2v) is 8.98. The van der Waals surface area contributed by atoms with E-state index in [1.165, 1.54) is 24.1 Å². The predicted molar refractivity (Wildman–Crippen MR) is 134 cm³/mol. The summed E-state index contributed by atoms with van der Waals surface area (Å²) in [7, 11) is 2.45. The normalized spacial score (nSPS) is 15.2. The number of carbonyl (C=O) groups is 2. The van der Waals surface area contributed by atoms with Gasteiger partial charge in [-0.25, -0.2) is 22.4 Å². The van der Waals surface area contributed by atoms with Crippen LogP contribution in [0.3, 0.4) is 0 Å². The van der Waals surface area contributed by atoms with Crippen LogP contribution in [0.15, 0.2) is 36.4 Å². The van der Waals surface area contributed by atoms with Crippen LogP contribution >= 0.6 is 0 Å². The van der Waals surface area contributed by atoms with Crippen molar-refractivity contribution in [1.82, 2.24) is 15.1 Å². The van der Waals surface area contributed by atoms with Crippen LogP contribution in [0.25, 0.3) is 0 Å². The summed E-state index contributed by atoms with van der Waals surface area (Å²) in [5.74, 6) is -3.51. The first kappa shape index (κ1) is 31.5. The van der Waals surface area contributed by atoms with Crippen molar-refractivity contribution < 1.29 is 37.0 Å². The number of likely N-dealkylation sites (N-methyl/N-ethyl adjacent to an activating group) is 1. The average Bonchev–Trinajstić information content (AvgIpc) is 2.94. The molecule has 12 heteroatoms. The molecular formula is C27H32F4N4O4. The van der Waals surface area contributed by atoms with Gasteiger partial charge >= 0.3 is 6.03 Å².